The number of hydrogen-bond acceptors (Lipinski definition) is 2. The van der Waals surface area contributed by atoms with E-state index in [2.05, 4.69) is 0 Å². The SMILES string of the molecule is OCc1ccc(SCc2cccc(Cl)c2Cl)cc1. The van der Waals surface area contributed by atoms with Gasteiger partial charge in [0.1, 0.15) is 0 Å². The maximum absolute atomic E-state index is 8.96. The van der Waals surface area contributed by atoms with E-state index in [9.17, 15) is 0 Å². The molecule has 0 heterocycles. The molecule has 4 heteroatoms. The molecular weight excluding hydrogens is 287 g/mol. The van der Waals surface area contributed by atoms with E-state index in [4.69, 9.17) is 28.3 Å². The average Bonchev–Trinajstić information content (AvgIpc) is 2.41. The number of rotatable bonds is 4. The molecule has 0 aliphatic rings. The number of halogens is 2. The molecule has 0 fully saturated rings. The Morgan fingerprint density at radius 3 is 2.39 bits per heavy atom. The van der Waals surface area contributed by atoms with Crippen LogP contribution in [0.1, 0.15) is 11.1 Å². The highest BCUT2D eigenvalue weighted by molar-refractivity contribution is 7.98. The molecule has 2 aromatic carbocycles. The lowest BCUT2D eigenvalue weighted by atomic mass is 10.2. The Morgan fingerprint density at radius 1 is 1.00 bits per heavy atom. The number of aliphatic hydroxyl groups excluding tert-OH is 1. The van der Waals surface area contributed by atoms with Gasteiger partial charge in [0.25, 0.3) is 0 Å². The minimum atomic E-state index is 0.0745. The van der Waals surface area contributed by atoms with Crippen molar-refractivity contribution in [3.63, 3.8) is 0 Å². The first-order valence-electron chi connectivity index (χ1n) is 5.46. The Bertz CT molecular complexity index is 526. The second-order valence-electron chi connectivity index (χ2n) is 3.80. The maximum atomic E-state index is 8.96. The van der Waals surface area contributed by atoms with Gasteiger partial charge in [-0.15, -0.1) is 11.8 Å². The van der Waals surface area contributed by atoms with E-state index in [-0.39, 0.29) is 6.61 Å². The maximum Gasteiger partial charge on any atom is 0.0681 e. The van der Waals surface area contributed by atoms with Crippen molar-refractivity contribution in [1.82, 2.24) is 0 Å². The van der Waals surface area contributed by atoms with E-state index in [1.165, 1.54) is 0 Å². The molecule has 0 saturated carbocycles. The van der Waals surface area contributed by atoms with Gasteiger partial charge in [-0.25, -0.2) is 0 Å². The fraction of sp³-hybridized carbons (Fsp3) is 0.143. The first kappa shape index (κ1) is 13.8. The van der Waals surface area contributed by atoms with Gasteiger partial charge in [0.2, 0.25) is 0 Å². The topological polar surface area (TPSA) is 20.2 Å². The van der Waals surface area contributed by atoms with Gasteiger partial charge in [-0.3, -0.25) is 0 Å². The molecule has 18 heavy (non-hydrogen) atoms. The molecule has 0 amide bonds. The van der Waals surface area contributed by atoms with Gasteiger partial charge in [-0.2, -0.15) is 0 Å². The molecule has 0 aliphatic heterocycles. The summed E-state index contributed by atoms with van der Waals surface area (Å²) in [4.78, 5) is 1.14. The van der Waals surface area contributed by atoms with Crippen molar-refractivity contribution in [3.05, 3.63) is 63.6 Å². The molecule has 1 N–H and O–H groups in total. The number of aliphatic hydroxyl groups is 1. The summed E-state index contributed by atoms with van der Waals surface area (Å²) >= 11 is 13.8. The summed E-state index contributed by atoms with van der Waals surface area (Å²) in [6.07, 6.45) is 0. The predicted molar refractivity (Wildman–Crippen MR) is 78.4 cm³/mol. The van der Waals surface area contributed by atoms with E-state index >= 15 is 0 Å². The van der Waals surface area contributed by atoms with Crippen LogP contribution in [0.5, 0.6) is 0 Å². The van der Waals surface area contributed by atoms with Crippen LogP contribution in [0, 0.1) is 0 Å². The summed E-state index contributed by atoms with van der Waals surface area (Å²) in [7, 11) is 0. The van der Waals surface area contributed by atoms with Crippen LogP contribution in [0.3, 0.4) is 0 Å². The molecule has 94 valence electrons. The lowest BCUT2D eigenvalue weighted by molar-refractivity contribution is 0.282. The minimum Gasteiger partial charge on any atom is -0.392 e. The molecule has 0 aliphatic carbocycles. The van der Waals surface area contributed by atoms with Gasteiger partial charge >= 0.3 is 0 Å². The summed E-state index contributed by atoms with van der Waals surface area (Å²) in [5.41, 5.74) is 1.94. The zero-order valence-corrected chi connectivity index (χ0v) is 11.9. The molecule has 0 radical (unpaired) electrons. The molecule has 0 aromatic heterocycles. The predicted octanol–water partition coefficient (Wildman–Crippen LogP) is 4.78. The van der Waals surface area contributed by atoms with Gasteiger partial charge in [-0.05, 0) is 29.3 Å². The lowest BCUT2D eigenvalue weighted by Crippen LogP contribution is -1.85. The Hall–Kier alpha value is -0.670. The molecule has 1 nitrogen and oxygen atoms in total. The van der Waals surface area contributed by atoms with Crippen LogP contribution in [0.2, 0.25) is 10.0 Å². The highest BCUT2D eigenvalue weighted by Crippen LogP contribution is 2.31. The molecule has 2 aromatic rings. The third-order valence-corrected chi connectivity index (χ3v) is 4.45. The van der Waals surface area contributed by atoms with Crippen LogP contribution in [-0.4, -0.2) is 5.11 Å². The largest absolute Gasteiger partial charge is 0.392 e. The highest BCUT2D eigenvalue weighted by atomic mass is 35.5. The second-order valence-corrected chi connectivity index (χ2v) is 5.64. The van der Waals surface area contributed by atoms with E-state index in [1.54, 1.807) is 17.8 Å². The summed E-state index contributed by atoms with van der Waals surface area (Å²) in [6, 6.07) is 13.5. The molecule has 0 bridgehead atoms. The van der Waals surface area contributed by atoms with E-state index in [1.807, 2.05) is 36.4 Å². The Morgan fingerprint density at radius 2 is 1.72 bits per heavy atom. The van der Waals surface area contributed by atoms with Crippen LogP contribution in [0.25, 0.3) is 0 Å². The van der Waals surface area contributed by atoms with Crippen molar-refractivity contribution in [1.29, 1.82) is 0 Å². The normalized spacial score (nSPS) is 10.6. The van der Waals surface area contributed by atoms with E-state index in [0.29, 0.717) is 10.0 Å². The van der Waals surface area contributed by atoms with Crippen LogP contribution in [-0.2, 0) is 12.4 Å². The summed E-state index contributed by atoms with van der Waals surface area (Å²) in [5.74, 6) is 0.776. The van der Waals surface area contributed by atoms with Gasteiger partial charge in [0, 0.05) is 10.6 Å². The van der Waals surface area contributed by atoms with Crippen molar-refractivity contribution in [2.24, 2.45) is 0 Å². The Balaban J connectivity index is 2.04. The van der Waals surface area contributed by atoms with E-state index < -0.39 is 0 Å². The summed E-state index contributed by atoms with van der Waals surface area (Å²) < 4.78 is 0. The van der Waals surface area contributed by atoms with Crippen molar-refractivity contribution in [2.45, 2.75) is 17.3 Å². The molecule has 0 atom stereocenters. The highest BCUT2D eigenvalue weighted by Gasteiger charge is 2.04. The van der Waals surface area contributed by atoms with Crippen molar-refractivity contribution < 1.29 is 5.11 Å². The standard InChI is InChI=1S/C14H12Cl2OS/c15-13-3-1-2-11(14(13)16)9-18-12-6-4-10(8-17)5-7-12/h1-7,17H,8-9H2. The molecule has 0 unspecified atom stereocenters. The Labute approximate surface area is 121 Å². The molecule has 2 rings (SSSR count). The van der Waals surface area contributed by atoms with Gasteiger partial charge < -0.3 is 5.11 Å². The summed E-state index contributed by atoms with van der Waals surface area (Å²) in [6.45, 7) is 0.0745. The first-order chi connectivity index (χ1) is 8.70. The Kier molecular flexibility index (Phi) is 4.95. The van der Waals surface area contributed by atoms with Crippen LogP contribution in [0.15, 0.2) is 47.4 Å². The van der Waals surface area contributed by atoms with Crippen LogP contribution < -0.4 is 0 Å². The third-order valence-electron chi connectivity index (χ3n) is 2.53. The fourth-order valence-electron chi connectivity index (χ4n) is 1.51. The molecule has 0 saturated heterocycles. The first-order valence-corrected chi connectivity index (χ1v) is 7.20. The van der Waals surface area contributed by atoms with Gasteiger partial charge in [0.15, 0.2) is 0 Å². The zero-order valence-electron chi connectivity index (χ0n) is 9.57. The van der Waals surface area contributed by atoms with Crippen LogP contribution >= 0.6 is 35.0 Å². The third kappa shape index (κ3) is 3.42. The molecular formula is C14H12Cl2OS. The van der Waals surface area contributed by atoms with Crippen molar-refractivity contribution in [3.8, 4) is 0 Å². The quantitative estimate of drug-likeness (QED) is 0.820. The smallest absolute Gasteiger partial charge is 0.0681 e. The zero-order chi connectivity index (χ0) is 13.0. The van der Waals surface area contributed by atoms with Crippen molar-refractivity contribution in [2.75, 3.05) is 0 Å². The number of benzene rings is 2. The monoisotopic (exact) mass is 298 g/mol. The van der Waals surface area contributed by atoms with Crippen molar-refractivity contribution >= 4 is 35.0 Å². The molecule has 0 spiro atoms. The number of thioether (sulfide) groups is 1. The van der Waals surface area contributed by atoms with E-state index in [0.717, 1.165) is 21.8 Å². The number of hydrogen-bond donors (Lipinski definition) is 1. The lowest BCUT2D eigenvalue weighted by Gasteiger charge is -2.06. The average molecular weight is 299 g/mol. The summed E-state index contributed by atoms with van der Waals surface area (Å²) in [5, 5.41) is 10.2. The fourth-order valence-corrected chi connectivity index (χ4v) is 2.87. The minimum absolute atomic E-state index is 0.0745. The second kappa shape index (κ2) is 6.48. The van der Waals surface area contributed by atoms with Gasteiger partial charge in [0.05, 0.1) is 16.7 Å². The van der Waals surface area contributed by atoms with Gasteiger partial charge in [-0.1, -0.05) is 47.5 Å². The van der Waals surface area contributed by atoms with Crippen LogP contribution in [0.4, 0.5) is 0 Å².